The van der Waals surface area contributed by atoms with E-state index < -0.39 is 0 Å². The van der Waals surface area contributed by atoms with Crippen LogP contribution < -0.4 is 18.6 Å². The van der Waals surface area contributed by atoms with Gasteiger partial charge < -0.3 is 9.47 Å². The van der Waals surface area contributed by atoms with Crippen LogP contribution in [0.15, 0.2) is 116 Å². The fourth-order valence-corrected chi connectivity index (χ4v) is 5.65. The van der Waals surface area contributed by atoms with Crippen molar-refractivity contribution < 1.29 is 18.6 Å². The smallest absolute Gasteiger partial charge is 0.212 e. The van der Waals surface area contributed by atoms with E-state index in [2.05, 4.69) is 133 Å². The van der Waals surface area contributed by atoms with Gasteiger partial charge in [0.15, 0.2) is 23.9 Å². The molecule has 4 heteroatoms. The summed E-state index contributed by atoms with van der Waals surface area (Å²) >= 11 is 0. The predicted octanol–water partition coefficient (Wildman–Crippen LogP) is 7.01. The molecule has 41 heavy (non-hydrogen) atoms. The molecule has 0 saturated carbocycles. The molecule has 0 saturated heterocycles. The van der Waals surface area contributed by atoms with E-state index in [1.165, 1.54) is 44.1 Å². The molecule has 0 spiro atoms. The van der Waals surface area contributed by atoms with Crippen molar-refractivity contribution in [2.45, 2.75) is 25.7 Å². The van der Waals surface area contributed by atoms with E-state index in [1.807, 2.05) is 6.07 Å². The highest BCUT2D eigenvalue weighted by atomic mass is 16.5. The van der Waals surface area contributed by atoms with Gasteiger partial charge in [-0.05, 0) is 84.3 Å². The molecule has 0 atom stereocenters. The van der Waals surface area contributed by atoms with Gasteiger partial charge >= 0.3 is 0 Å². The SMILES string of the molecule is COc1ccc(CCc2cc[n+](C)c3ccccc23)cc1Oc1ccc(CCc2cc[n+](C)c3ccccc23)cc1. The van der Waals surface area contributed by atoms with E-state index in [4.69, 9.17) is 9.47 Å². The highest BCUT2D eigenvalue weighted by molar-refractivity contribution is 5.80. The maximum absolute atomic E-state index is 6.34. The molecule has 0 amide bonds. The zero-order valence-corrected chi connectivity index (χ0v) is 24.0. The molecule has 4 aromatic carbocycles. The highest BCUT2D eigenvalue weighted by Gasteiger charge is 2.12. The lowest BCUT2D eigenvalue weighted by molar-refractivity contribution is -0.645. The van der Waals surface area contributed by atoms with Crippen molar-refractivity contribution in [1.82, 2.24) is 0 Å². The maximum Gasteiger partial charge on any atom is 0.212 e. The molecule has 2 aromatic heterocycles. The van der Waals surface area contributed by atoms with Crippen molar-refractivity contribution in [3.05, 3.63) is 138 Å². The fourth-order valence-electron chi connectivity index (χ4n) is 5.65. The summed E-state index contributed by atoms with van der Waals surface area (Å²) in [6.45, 7) is 0. The molecular formula is C37H36N2O2+2. The molecular weight excluding hydrogens is 504 g/mol. The van der Waals surface area contributed by atoms with E-state index in [1.54, 1.807) is 7.11 Å². The largest absolute Gasteiger partial charge is 0.493 e. The van der Waals surface area contributed by atoms with Crippen molar-refractivity contribution in [3.63, 3.8) is 0 Å². The second-order valence-corrected chi connectivity index (χ2v) is 10.7. The van der Waals surface area contributed by atoms with E-state index in [-0.39, 0.29) is 0 Å². The van der Waals surface area contributed by atoms with Gasteiger partial charge in [-0.2, -0.15) is 0 Å². The van der Waals surface area contributed by atoms with Gasteiger partial charge in [0.05, 0.1) is 7.11 Å². The molecule has 0 radical (unpaired) electrons. The number of nitrogens with zero attached hydrogens (tertiary/aromatic N) is 2. The van der Waals surface area contributed by atoms with Crippen LogP contribution in [0.25, 0.3) is 21.8 Å². The summed E-state index contributed by atoms with van der Waals surface area (Å²) in [6, 6.07) is 36.3. The van der Waals surface area contributed by atoms with E-state index in [0.717, 1.165) is 42.9 Å². The first-order valence-corrected chi connectivity index (χ1v) is 14.3. The zero-order chi connectivity index (χ0) is 28.2. The Bertz CT molecular complexity index is 1830. The summed E-state index contributed by atoms with van der Waals surface area (Å²) < 4.78 is 16.3. The van der Waals surface area contributed by atoms with Crippen LogP contribution in [0.1, 0.15) is 22.3 Å². The summed E-state index contributed by atoms with van der Waals surface area (Å²) in [5.41, 5.74) is 7.74. The average Bonchev–Trinajstić information content (AvgIpc) is 3.01. The Morgan fingerprint density at radius 2 is 1.07 bits per heavy atom. The first-order chi connectivity index (χ1) is 20.1. The van der Waals surface area contributed by atoms with Gasteiger partial charge in [-0.15, -0.1) is 0 Å². The van der Waals surface area contributed by atoms with Crippen LogP contribution in [0.5, 0.6) is 17.2 Å². The zero-order valence-electron chi connectivity index (χ0n) is 24.0. The number of benzene rings is 4. The number of aromatic nitrogens is 2. The molecule has 0 aliphatic carbocycles. The quantitative estimate of drug-likeness (QED) is 0.184. The Morgan fingerprint density at radius 1 is 0.537 bits per heavy atom. The lowest BCUT2D eigenvalue weighted by Gasteiger charge is -2.13. The number of fused-ring (bicyclic) bond motifs is 2. The van der Waals surface area contributed by atoms with Crippen LogP contribution >= 0.6 is 0 Å². The van der Waals surface area contributed by atoms with Crippen molar-refractivity contribution in [2.24, 2.45) is 14.1 Å². The van der Waals surface area contributed by atoms with Crippen LogP contribution in [0, 0.1) is 0 Å². The van der Waals surface area contributed by atoms with Crippen LogP contribution in [-0.2, 0) is 39.8 Å². The topological polar surface area (TPSA) is 26.2 Å². The van der Waals surface area contributed by atoms with Crippen molar-refractivity contribution in [3.8, 4) is 17.2 Å². The predicted molar refractivity (Wildman–Crippen MR) is 165 cm³/mol. The number of hydrogen-bond acceptors (Lipinski definition) is 2. The minimum absolute atomic E-state index is 0.735. The summed E-state index contributed by atoms with van der Waals surface area (Å²) in [4.78, 5) is 0. The Hall–Kier alpha value is -4.70. The summed E-state index contributed by atoms with van der Waals surface area (Å²) in [7, 11) is 5.88. The van der Waals surface area contributed by atoms with Gasteiger partial charge in [0.25, 0.3) is 0 Å². The number of aryl methyl sites for hydroxylation is 6. The fraction of sp³-hybridized carbons (Fsp3) is 0.189. The summed E-state index contributed by atoms with van der Waals surface area (Å²) in [5.74, 6) is 2.28. The third-order valence-electron chi connectivity index (χ3n) is 8.00. The molecule has 0 fully saturated rings. The van der Waals surface area contributed by atoms with Gasteiger partial charge in [0, 0.05) is 35.0 Å². The average molecular weight is 541 g/mol. The van der Waals surface area contributed by atoms with Gasteiger partial charge in [-0.1, -0.05) is 42.5 Å². The normalized spacial score (nSPS) is 11.2. The second kappa shape index (κ2) is 11.8. The lowest BCUT2D eigenvalue weighted by Crippen LogP contribution is -2.28. The van der Waals surface area contributed by atoms with Gasteiger partial charge in [0.1, 0.15) is 19.8 Å². The highest BCUT2D eigenvalue weighted by Crippen LogP contribution is 2.33. The van der Waals surface area contributed by atoms with Crippen molar-refractivity contribution >= 4 is 21.8 Å². The molecule has 0 aliphatic heterocycles. The molecule has 0 unspecified atom stereocenters. The molecule has 6 rings (SSSR count). The summed E-state index contributed by atoms with van der Waals surface area (Å²) in [5, 5.41) is 2.62. The van der Waals surface area contributed by atoms with E-state index in [9.17, 15) is 0 Å². The van der Waals surface area contributed by atoms with Crippen LogP contribution in [0.2, 0.25) is 0 Å². The molecule has 204 valence electrons. The molecule has 2 heterocycles. The minimum atomic E-state index is 0.735. The van der Waals surface area contributed by atoms with Crippen LogP contribution in [0.4, 0.5) is 0 Å². The maximum atomic E-state index is 6.34. The van der Waals surface area contributed by atoms with Gasteiger partial charge in [0.2, 0.25) is 11.0 Å². The van der Waals surface area contributed by atoms with Gasteiger partial charge in [-0.3, -0.25) is 0 Å². The van der Waals surface area contributed by atoms with Crippen molar-refractivity contribution in [2.75, 3.05) is 7.11 Å². The number of pyridine rings is 2. The molecule has 0 bridgehead atoms. The Morgan fingerprint density at radius 3 is 1.66 bits per heavy atom. The minimum Gasteiger partial charge on any atom is -0.493 e. The Labute approximate surface area is 242 Å². The Kier molecular flexibility index (Phi) is 7.64. The third kappa shape index (κ3) is 5.78. The first kappa shape index (κ1) is 26.5. The van der Waals surface area contributed by atoms with Crippen LogP contribution in [0.3, 0.4) is 0 Å². The third-order valence-corrected chi connectivity index (χ3v) is 8.00. The Balaban J connectivity index is 1.14. The van der Waals surface area contributed by atoms with E-state index >= 15 is 0 Å². The van der Waals surface area contributed by atoms with Crippen molar-refractivity contribution in [1.29, 1.82) is 0 Å². The van der Waals surface area contributed by atoms with Crippen LogP contribution in [-0.4, -0.2) is 7.11 Å². The first-order valence-electron chi connectivity index (χ1n) is 14.3. The number of hydrogen-bond donors (Lipinski definition) is 0. The van der Waals surface area contributed by atoms with Gasteiger partial charge in [-0.25, -0.2) is 9.13 Å². The molecule has 0 N–H and O–H groups in total. The summed E-state index contributed by atoms with van der Waals surface area (Å²) in [6.07, 6.45) is 8.14. The number of methoxy groups -OCH3 is 1. The number of rotatable bonds is 9. The monoisotopic (exact) mass is 540 g/mol. The molecule has 4 nitrogen and oxygen atoms in total. The number of para-hydroxylation sites is 2. The number of ether oxygens (including phenoxy) is 2. The van der Waals surface area contributed by atoms with E-state index in [0.29, 0.717) is 0 Å². The molecule has 0 aliphatic rings. The second-order valence-electron chi connectivity index (χ2n) is 10.7. The molecule has 6 aromatic rings. The standard InChI is InChI=1S/C37H36N2O2/c1-38-24-22-29(32-8-4-6-10-34(32)38)17-12-27-14-19-31(20-15-27)41-37-26-28(16-21-36(37)40-3)13-18-30-23-25-39(2)35-11-7-5-9-33(30)35/h4-11,14-16,19-26H,12-13,17-18H2,1-3H3/q+2. The lowest BCUT2D eigenvalue weighted by atomic mass is 10.0.